The number of nitrogens with one attached hydrogen (secondary N) is 2. The largest absolute Gasteiger partial charge is 0.389 e. The number of guanidine groups is 1. The molecule has 0 aliphatic rings. The molecule has 5 nitrogen and oxygen atoms in total. The molecule has 0 saturated heterocycles. The van der Waals surface area contributed by atoms with Gasteiger partial charge < -0.3 is 15.5 Å². The van der Waals surface area contributed by atoms with E-state index in [1.165, 1.54) is 4.90 Å². The Bertz CT molecular complexity index is 316. The first-order valence-electron chi connectivity index (χ1n) is 6.55. The fourth-order valence-corrected chi connectivity index (χ4v) is 1.29. The summed E-state index contributed by atoms with van der Waals surface area (Å²) < 4.78 is 35.8. The van der Waals surface area contributed by atoms with Crippen molar-refractivity contribution in [3.8, 4) is 0 Å². The molecule has 0 radical (unpaired) electrons. The van der Waals surface area contributed by atoms with Crippen molar-refractivity contribution in [2.75, 3.05) is 33.7 Å². The zero-order valence-electron chi connectivity index (χ0n) is 12.2. The van der Waals surface area contributed by atoms with Gasteiger partial charge >= 0.3 is 6.18 Å². The number of halogens is 3. The van der Waals surface area contributed by atoms with Gasteiger partial charge in [0.2, 0.25) is 5.91 Å². The van der Waals surface area contributed by atoms with E-state index in [-0.39, 0.29) is 18.9 Å². The van der Waals surface area contributed by atoms with E-state index < -0.39 is 12.6 Å². The topological polar surface area (TPSA) is 56.7 Å². The van der Waals surface area contributed by atoms with Crippen molar-refractivity contribution in [3.05, 3.63) is 0 Å². The minimum atomic E-state index is -4.10. The van der Waals surface area contributed by atoms with E-state index in [4.69, 9.17) is 0 Å². The third-order valence-corrected chi connectivity index (χ3v) is 2.39. The molecule has 118 valence electrons. The maximum absolute atomic E-state index is 11.9. The summed E-state index contributed by atoms with van der Waals surface area (Å²) in [7, 11) is 3.27. The number of aliphatic imine (C=N–C) groups is 1. The van der Waals surface area contributed by atoms with E-state index >= 15 is 0 Å². The second-order valence-corrected chi connectivity index (χ2v) is 4.48. The summed E-state index contributed by atoms with van der Waals surface area (Å²) in [5, 5.41) is 5.83. The van der Waals surface area contributed by atoms with Crippen molar-refractivity contribution in [2.24, 2.45) is 4.99 Å². The van der Waals surface area contributed by atoms with Crippen LogP contribution in [0.15, 0.2) is 4.99 Å². The molecule has 0 aromatic heterocycles. The predicted octanol–water partition coefficient (Wildman–Crippen LogP) is 1.36. The highest BCUT2D eigenvalue weighted by atomic mass is 19.4. The zero-order chi connectivity index (χ0) is 15.6. The highest BCUT2D eigenvalue weighted by Crippen LogP contribution is 2.21. The minimum absolute atomic E-state index is 0.00485. The minimum Gasteiger partial charge on any atom is -0.357 e. The summed E-state index contributed by atoms with van der Waals surface area (Å²) in [5.74, 6) is 0.300. The lowest BCUT2D eigenvalue weighted by molar-refractivity contribution is -0.135. The van der Waals surface area contributed by atoms with Gasteiger partial charge in [0.05, 0.1) is 0 Å². The maximum Gasteiger partial charge on any atom is 0.389 e. The van der Waals surface area contributed by atoms with Gasteiger partial charge in [0, 0.05) is 33.6 Å². The molecule has 0 bridgehead atoms. The van der Waals surface area contributed by atoms with Gasteiger partial charge in [-0.3, -0.25) is 4.79 Å². The van der Waals surface area contributed by atoms with E-state index in [1.807, 2.05) is 6.92 Å². The molecule has 8 heteroatoms. The van der Waals surface area contributed by atoms with E-state index in [1.54, 1.807) is 14.1 Å². The molecular formula is C12H23F3N4O. The number of rotatable bonds is 7. The Morgan fingerprint density at radius 1 is 1.20 bits per heavy atom. The van der Waals surface area contributed by atoms with Crippen LogP contribution in [-0.2, 0) is 4.79 Å². The van der Waals surface area contributed by atoms with E-state index in [2.05, 4.69) is 15.6 Å². The van der Waals surface area contributed by atoms with Crippen molar-refractivity contribution in [3.63, 3.8) is 0 Å². The normalized spacial score (nSPS) is 12.2. The molecule has 20 heavy (non-hydrogen) atoms. The van der Waals surface area contributed by atoms with Gasteiger partial charge in [-0.15, -0.1) is 0 Å². The average molecular weight is 296 g/mol. The summed E-state index contributed by atoms with van der Waals surface area (Å²) in [6, 6.07) is 0. The van der Waals surface area contributed by atoms with Crippen LogP contribution in [0.4, 0.5) is 13.2 Å². The third kappa shape index (κ3) is 10.5. The number of carbonyl (C=O) groups excluding carboxylic acids is 1. The number of hydrogen-bond donors (Lipinski definition) is 2. The Morgan fingerprint density at radius 2 is 1.85 bits per heavy atom. The molecule has 0 rings (SSSR count). The van der Waals surface area contributed by atoms with Crippen LogP contribution in [0, 0.1) is 0 Å². The van der Waals surface area contributed by atoms with Crippen LogP contribution in [0.25, 0.3) is 0 Å². The molecule has 0 saturated carbocycles. The van der Waals surface area contributed by atoms with Crippen molar-refractivity contribution >= 4 is 11.9 Å². The van der Waals surface area contributed by atoms with E-state index in [0.717, 1.165) is 0 Å². The number of alkyl halides is 3. The monoisotopic (exact) mass is 296 g/mol. The molecule has 0 aromatic rings. The average Bonchev–Trinajstić information content (AvgIpc) is 2.33. The molecule has 0 aliphatic heterocycles. The van der Waals surface area contributed by atoms with Crippen molar-refractivity contribution in [1.29, 1.82) is 0 Å². The molecule has 0 aliphatic carbocycles. The number of nitrogens with zero attached hydrogens (tertiary/aromatic N) is 2. The Balaban J connectivity index is 4.02. The smallest absolute Gasteiger partial charge is 0.357 e. The van der Waals surface area contributed by atoms with Gasteiger partial charge in [-0.1, -0.05) is 0 Å². The Labute approximate surface area is 117 Å². The van der Waals surface area contributed by atoms with Gasteiger partial charge in [0.1, 0.15) is 6.54 Å². The third-order valence-electron chi connectivity index (χ3n) is 2.39. The SMILES string of the molecule is CCNC(=NCC(=O)N(C)C)NCCCCC(F)(F)F. The van der Waals surface area contributed by atoms with Crippen molar-refractivity contribution in [1.82, 2.24) is 15.5 Å². The Morgan fingerprint density at radius 3 is 2.35 bits per heavy atom. The first-order chi connectivity index (χ1) is 9.26. The molecule has 0 spiro atoms. The summed E-state index contributed by atoms with van der Waals surface area (Å²) >= 11 is 0. The molecule has 0 heterocycles. The van der Waals surface area contributed by atoms with Crippen LogP contribution in [-0.4, -0.2) is 56.7 Å². The number of unbranched alkanes of at least 4 members (excludes halogenated alkanes) is 1. The van der Waals surface area contributed by atoms with Crippen LogP contribution < -0.4 is 10.6 Å². The molecular weight excluding hydrogens is 273 g/mol. The lowest BCUT2D eigenvalue weighted by atomic mass is 10.2. The van der Waals surface area contributed by atoms with Gasteiger partial charge in [-0.05, 0) is 19.8 Å². The fraction of sp³-hybridized carbons (Fsp3) is 0.833. The van der Waals surface area contributed by atoms with E-state index in [9.17, 15) is 18.0 Å². The second-order valence-electron chi connectivity index (χ2n) is 4.48. The zero-order valence-corrected chi connectivity index (χ0v) is 12.2. The molecule has 1 amide bonds. The van der Waals surface area contributed by atoms with Crippen LogP contribution in [0.1, 0.15) is 26.2 Å². The van der Waals surface area contributed by atoms with E-state index in [0.29, 0.717) is 25.5 Å². The lowest BCUT2D eigenvalue weighted by Crippen LogP contribution is -2.38. The van der Waals surface area contributed by atoms with Crippen LogP contribution in [0.2, 0.25) is 0 Å². The molecule has 0 atom stereocenters. The lowest BCUT2D eigenvalue weighted by Gasteiger charge is -2.13. The highest BCUT2D eigenvalue weighted by molar-refractivity contribution is 5.84. The standard InChI is InChI=1S/C12H23F3N4O/c1-4-16-11(18-9-10(20)19(2)3)17-8-6-5-7-12(13,14)15/h4-9H2,1-3H3,(H2,16,17,18). The molecule has 0 unspecified atom stereocenters. The van der Waals surface area contributed by atoms with Crippen molar-refractivity contribution < 1.29 is 18.0 Å². The van der Waals surface area contributed by atoms with Gasteiger partial charge in [-0.25, -0.2) is 4.99 Å². The summed E-state index contributed by atoms with van der Waals surface area (Å²) in [6.45, 7) is 2.88. The highest BCUT2D eigenvalue weighted by Gasteiger charge is 2.25. The first kappa shape index (κ1) is 18.5. The Hall–Kier alpha value is -1.47. The Kier molecular flexibility index (Phi) is 8.74. The van der Waals surface area contributed by atoms with Gasteiger partial charge in [0.15, 0.2) is 5.96 Å². The van der Waals surface area contributed by atoms with Crippen LogP contribution in [0.3, 0.4) is 0 Å². The second kappa shape index (κ2) is 9.44. The van der Waals surface area contributed by atoms with Crippen molar-refractivity contribution in [2.45, 2.75) is 32.4 Å². The first-order valence-corrected chi connectivity index (χ1v) is 6.55. The summed E-state index contributed by atoms with van der Waals surface area (Å²) in [6.07, 6.45) is -4.41. The quantitative estimate of drug-likeness (QED) is 0.424. The number of likely N-dealkylation sites (N-methyl/N-ethyl adjacent to an activating group) is 1. The van der Waals surface area contributed by atoms with Crippen LogP contribution >= 0.6 is 0 Å². The predicted molar refractivity (Wildman–Crippen MR) is 72.6 cm³/mol. The summed E-state index contributed by atoms with van der Waals surface area (Å²) in [5.41, 5.74) is 0. The van der Waals surface area contributed by atoms with Gasteiger partial charge in [-0.2, -0.15) is 13.2 Å². The molecule has 2 N–H and O–H groups in total. The van der Waals surface area contributed by atoms with Gasteiger partial charge in [0.25, 0.3) is 0 Å². The maximum atomic E-state index is 11.9. The number of carbonyl (C=O) groups is 1. The van der Waals surface area contributed by atoms with Crippen LogP contribution in [0.5, 0.6) is 0 Å². The fourth-order valence-electron chi connectivity index (χ4n) is 1.29. The number of amides is 1. The molecule has 0 fully saturated rings. The molecule has 0 aromatic carbocycles. The number of hydrogen-bond acceptors (Lipinski definition) is 2. The summed E-state index contributed by atoms with van der Waals surface area (Å²) in [4.78, 5) is 16.9.